The number of nitrogens with zero attached hydrogens (tertiary/aromatic N) is 1. The van der Waals surface area contributed by atoms with Crippen LogP contribution in [0.1, 0.15) is 29.6 Å². The van der Waals surface area contributed by atoms with Crippen molar-refractivity contribution in [3.63, 3.8) is 0 Å². The third-order valence-electron chi connectivity index (χ3n) is 3.62. The number of carboxylic acid groups (broad SMARTS) is 1. The van der Waals surface area contributed by atoms with E-state index in [1.807, 2.05) is 0 Å². The molecule has 1 fully saturated rings. The van der Waals surface area contributed by atoms with Crippen molar-refractivity contribution in [1.82, 2.24) is 4.31 Å². The van der Waals surface area contributed by atoms with E-state index < -0.39 is 27.4 Å². The van der Waals surface area contributed by atoms with Crippen molar-refractivity contribution in [2.75, 3.05) is 13.6 Å². The van der Waals surface area contributed by atoms with Crippen LogP contribution in [0, 0.1) is 11.7 Å². The Bertz CT molecular complexity index is 625. The number of aromatic carboxylic acids is 1. The molecule has 0 saturated heterocycles. The van der Waals surface area contributed by atoms with E-state index in [1.54, 1.807) is 0 Å². The topological polar surface area (TPSA) is 74.7 Å². The summed E-state index contributed by atoms with van der Waals surface area (Å²) in [5.74, 6) is -2.08. The molecule has 1 aromatic carbocycles. The monoisotopic (exact) mass is 301 g/mol. The van der Waals surface area contributed by atoms with Crippen LogP contribution in [-0.4, -0.2) is 37.4 Å². The standard InChI is InChI=1S/C13H16FNO4S/c1-15(8-9-3-2-4-9)20(18,19)10-5-6-12(14)11(7-10)13(16)17/h5-7,9H,2-4,8H2,1H3,(H,16,17). The fourth-order valence-corrected chi connectivity index (χ4v) is 3.42. The maximum atomic E-state index is 13.3. The number of sulfonamides is 1. The van der Waals surface area contributed by atoms with E-state index in [0.29, 0.717) is 12.5 Å². The molecule has 5 nitrogen and oxygen atoms in total. The van der Waals surface area contributed by atoms with Crippen LogP contribution in [0.2, 0.25) is 0 Å². The highest BCUT2D eigenvalue weighted by molar-refractivity contribution is 7.89. The third kappa shape index (κ3) is 2.83. The lowest BCUT2D eigenvalue weighted by Crippen LogP contribution is -2.34. The predicted octanol–water partition coefficient (Wildman–Crippen LogP) is 1.94. The zero-order valence-corrected chi connectivity index (χ0v) is 11.9. The fraction of sp³-hybridized carbons (Fsp3) is 0.462. The van der Waals surface area contributed by atoms with Gasteiger partial charge in [-0.25, -0.2) is 21.9 Å². The molecule has 0 atom stereocenters. The van der Waals surface area contributed by atoms with Crippen LogP contribution in [0.3, 0.4) is 0 Å². The fourth-order valence-electron chi connectivity index (χ4n) is 2.15. The molecule has 0 amide bonds. The van der Waals surface area contributed by atoms with Crippen molar-refractivity contribution in [3.05, 3.63) is 29.6 Å². The first-order chi connectivity index (χ1) is 9.32. The van der Waals surface area contributed by atoms with Crippen LogP contribution in [0.4, 0.5) is 4.39 Å². The van der Waals surface area contributed by atoms with E-state index in [2.05, 4.69) is 0 Å². The highest BCUT2D eigenvalue weighted by atomic mass is 32.2. The van der Waals surface area contributed by atoms with E-state index in [9.17, 15) is 17.6 Å². The summed E-state index contributed by atoms with van der Waals surface area (Å²) in [6, 6.07) is 2.83. The molecule has 2 rings (SSSR count). The van der Waals surface area contributed by atoms with Gasteiger partial charge >= 0.3 is 5.97 Å². The van der Waals surface area contributed by atoms with E-state index in [0.717, 1.165) is 37.5 Å². The Labute approximate surface area is 117 Å². The van der Waals surface area contributed by atoms with Gasteiger partial charge in [0, 0.05) is 13.6 Å². The number of carboxylic acids is 1. The van der Waals surface area contributed by atoms with Gasteiger partial charge in [0.15, 0.2) is 0 Å². The summed E-state index contributed by atoms with van der Waals surface area (Å²) in [6.45, 7) is 0.405. The normalized spacial score (nSPS) is 16.1. The van der Waals surface area contributed by atoms with Gasteiger partial charge in [0.2, 0.25) is 10.0 Å². The zero-order valence-electron chi connectivity index (χ0n) is 11.0. The van der Waals surface area contributed by atoms with Gasteiger partial charge in [-0.15, -0.1) is 0 Å². The molecule has 1 aliphatic rings. The van der Waals surface area contributed by atoms with Gasteiger partial charge in [-0.1, -0.05) is 6.42 Å². The summed E-state index contributed by atoms with van der Waals surface area (Å²) in [6.07, 6.45) is 3.12. The first-order valence-electron chi connectivity index (χ1n) is 6.31. The molecule has 20 heavy (non-hydrogen) atoms. The van der Waals surface area contributed by atoms with Crippen LogP contribution < -0.4 is 0 Å². The van der Waals surface area contributed by atoms with E-state index in [1.165, 1.54) is 11.4 Å². The van der Waals surface area contributed by atoms with Gasteiger partial charge in [0.05, 0.1) is 10.5 Å². The number of carbonyl (C=O) groups is 1. The summed E-state index contributed by atoms with van der Waals surface area (Å²) < 4.78 is 39.1. The Morgan fingerprint density at radius 2 is 2.10 bits per heavy atom. The zero-order chi connectivity index (χ0) is 14.9. The summed E-state index contributed by atoms with van der Waals surface area (Å²) >= 11 is 0. The second kappa shape index (κ2) is 5.49. The molecule has 0 spiro atoms. The summed E-state index contributed by atoms with van der Waals surface area (Å²) in [4.78, 5) is 10.7. The lowest BCUT2D eigenvalue weighted by molar-refractivity contribution is 0.0691. The molecule has 0 unspecified atom stereocenters. The molecule has 0 heterocycles. The van der Waals surface area contributed by atoms with Crippen LogP contribution >= 0.6 is 0 Å². The molecule has 7 heteroatoms. The number of benzene rings is 1. The highest BCUT2D eigenvalue weighted by Gasteiger charge is 2.27. The Morgan fingerprint density at radius 3 is 2.60 bits per heavy atom. The highest BCUT2D eigenvalue weighted by Crippen LogP contribution is 2.28. The van der Waals surface area contributed by atoms with Crippen molar-refractivity contribution in [1.29, 1.82) is 0 Å². The van der Waals surface area contributed by atoms with E-state index >= 15 is 0 Å². The lowest BCUT2D eigenvalue weighted by Gasteiger charge is -2.29. The molecule has 0 aliphatic heterocycles. The molecule has 0 aromatic heterocycles. The summed E-state index contributed by atoms with van der Waals surface area (Å²) in [7, 11) is -2.32. The van der Waals surface area contributed by atoms with Gasteiger partial charge in [-0.3, -0.25) is 0 Å². The third-order valence-corrected chi connectivity index (χ3v) is 5.44. The second-order valence-corrected chi connectivity index (χ2v) is 7.07. The van der Waals surface area contributed by atoms with Crippen molar-refractivity contribution in [2.24, 2.45) is 5.92 Å². The largest absolute Gasteiger partial charge is 0.478 e. The average Bonchev–Trinajstić information content (AvgIpc) is 2.33. The summed E-state index contributed by atoms with van der Waals surface area (Å²) in [5, 5.41) is 8.84. The van der Waals surface area contributed by atoms with Crippen LogP contribution in [0.25, 0.3) is 0 Å². The molecule has 1 N–H and O–H groups in total. The van der Waals surface area contributed by atoms with Crippen molar-refractivity contribution in [3.8, 4) is 0 Å². The van der Waals surface area contributed by atoms with Crippen LogP contribution in [0.15, 0.2) is 23.1 Å². The van der Waals surface area contributed by atoms with Gasteiger partial charge in [-0.2, -0.15) is 0 Å². The predicted molar refractivity (Wildman–Crippen MR) is 70.5 cm³/mol. The Hall–Kier alpha value is -1.47. The number of rotatable bonds is 5. The average molecular weight is 301 g/mol. The molecular formula is C13H16FNO4S. The Kier molecular flexibility index (Phi) is 4.10. The molecule has 0 radical (unpaired) electrons. The first-order valence-corrected chi connectivity index (χ1v) is 7.75. The maximum absolute atomic E-state index is 13.3. The van der Waals surface area contributed by atoms with Crippen molar-refractivity contribution in [2.45, 2.75) is 24.2 Å². The molecular weight excluding hydrogens is 285 g/mol. The van der Waals surface area contributed by atoms with Crippen LogP contribution in [0.5, 0.6) is 0 Å². The number of hydrogen-bond acceptors (Lipinski definition) is 3. The first kappa shape index (κ1) is 14.9. The minimum atomic E-state index is -3.78. The minimum Gasteiger partial charge on any atom is -0.478 e. The molecule has 1 saturated carbocycles. The number of hydrogen-bond donors (Lipinski definition) is 1. The summed E-state index contributed by atoms with van der Waals surface area (Å²) in [5.41, 5.74) is -0.636. The number of halogens is 1. The molecule has 1 aromatic rings. The SMILES string of the molecule is CN(CC1CCC1)S(=O)(=O)c1ccc(F)c(C(=O)O)c1. The quantitative estimate of drug-likeness (QED) is 0.902. The van der Waals surface area contributed by atoms with Gasteiger partial charge in [0.1, 0.15) is 5.82 Å². The smallest absolute Gasteiger partial charge is 0.338 e. The van der Waals surface area contributed by atoms with E-state index in [4.69, 9.17) is 5.11 Å². The second-order valence-electron chi connectivity index (χ2n) is 5.03. The van der Waals surface area contributed by atoms with E-state index in [-0.39, 0.29) is 4.90 Å². The maximum Gasteiger partial charge on any atom is 0.338 e. The van der Waals surface area contributed by atoms with Crippen molar-refractivity contribution < 1.29 is 22.7 Å². The van der Waals surface area contributed by atoms with Gasteiger partial charge < -0.3 is 5.11 Å². The van der Waals surface area contributed by atoms with Gasteiger partial charge in [-0.05, 0) is 37.0 Å². The minimum absolute atomic E-state index is 0.196. The van der Waals surface area contributed by atoms with Gasteiger partial charge in [0.25, 0.3) is 0 Å². The molecule has 110 valence electrons. The Morgan fingerprint density at radius 1 is 1.45 bits per heavy atom. The lowest BCUT2D eigenvalue weighted by atomic mass is 9.86. The van der Waals surface area contributed by atoms with Crippen LogP contribution in [-0.2, 0) is 10.0 Å². The molecule has 1 aliphatic carbocycles. The molecule has 0 bridgehead atoms. The van der Waals surface area contributed by atoms with Crippen molar-refractivity contribution >= 4 is 16.0 Å². The Balaban J connectivity index is 2.28.